The van der Waals surface area contributed by atoms with Gasteiger partial charge in [0.05, 0.1) is 18.7 Å². The molecular weight excluding hydrogens is 522 g/mol. The van der Waals surface area contributed by atoms with E-state index in [0.29, 0.717) is 45.1 Å². The molecule has 7 nitrogen and oxygen atoms in total. The SMILES string of the molecule is CCC(C)CN(CC(=O)N1CCN(c2ccc(-c3ccc(-c4ccccc4)cc3)nn2)CC1)C(=O)Cc1ccccc1. The van der Waals surface area contributed by atoms with Crippen LogP contribution in [0, 0.1) is 5.92 Å². The fourth-order valence-corrected chi connectivity index (χ4v) is 5.20. The highest BCUT2D eigenvalue weighted by Crippen LogP contribution is 2.24. The van der Waals surface area contributed by atoms with Crippen LogP contribution < -0.4 is 4.90 Å². The number of aromatic nitrogens is 2. The molecule has 7 heteroatoms. The summed E-state index contributed by atoms with van der Waals surface area (Å²) in [6.45, 7) is 7.48. The van der Waals surface area contributed by atoms with E-state index in [9.17, 15) is 9.59 Å². The second-order valence-electron chi connectivity index (χ2n) is 11.0. The van der Waals surface area contributed by atoms with Crippen LogP contribution in [0.25, 0.3) is 22.4 Å². The van der Waals surface area contributed by atoms with E-state index in [4.69, 9.17) is 0 Å². The molecular formula is C35H39N5O2. The summed E-state index contributed by atoms with van der Waals surface area (Å²) in [6, 6.07) is 32.4. The highest BCUT2D eigenvalue weighted by Gasteiger charge is 2.26. The Balaban J connectivity index is 1.15. The fraction of sp³-hybridized carbons (Fsp3) is 0.314. The van der Waals surface area contributed by atoms with E-state index in [-0.39, 0.29) is 18.4 Å². The predicted molar refractivity (Wildman–Crippen MR) is 168 cm³/mol. The van der Waals surface area contributed by atoms with Crippen LogP contribution in [0.2, 0.25) is 0 Å². The smallest absolute Gasteiger partial charge is 0.242 e. The van der Waals surface area contributed by atoms with Crippen LogP contribution in [0.3, 0.4) is 0 Å². The van der Waals surface area contributed by atoms with Crippen molar-refractivity contribution in [3.05, 3.63) is 103 Å². The number of hydrogen-bond acceptors (Lipinski definition) is 5. The lowest BCUT2D eigenvalue weighted by molar-refractivity contribution is -0.140. The van der Waals surface area contributed by atoms with E-state index in [2.05, 4.69) is 65.3 Å². The second-order valence-corrected chi connectivity index (χ2v) is 11.0. The molecule has 1 aromatic heterocycles. The molecule has 1 aliphatic rings. The number of amides is 2. The molecule has 2 heterocycles. The van der Waals surface area contributed by atoms with Gasteiger partial charge in [-0.1, -0.05) is 105 Å². The zero-order valence-electron chi connectivity index (χ0n) is 24.5. The zero-order valence-corrected chi connectivity index (χ0v) is 24.5. The molecule has 0 saturated carbocycles. The maximum atomic E-state index is 13.3. The molecule has 1 unspecified atom stereocenters. The van der Waals surface area contributed by atoms with Crippen LogP contribution >= 0.6 is 0 Å². The van der Waals surface area contributed by atoms with Gasteiger partial charge in [0, 0.05) is 38.3 Å². The van der Waals surface area contributed by atoms with Gasteiger partial charge in [-0.05, 0) is 34.7 Å². The van der Waals surface area contributed by atoms with Gasteiger partial charge in [-0.15, -0.1) is 10.2 Å². The van der Waals surface area contributed by atoms with E-state index >= 15 is 0 Å². The molecule has 216 valence electrons. The molecule has 5 rings (SSSR count). The third-order valence-electron chi connectivity index (χ3n) is 8.00. The largest absolute Gasteiger partial charge is 0.352 e. The highest BCUT2D eigenvalue weighted by molar-refractivity contribution is 5.86. The van der Waals surface area contributed by atoms with Crippen molar-refractivity contribution in [2.24, 2.45) is 5.92 Å². The quantitative estimate of drug-likeness (QED) is 0.253. The predicted octanol–water partition coefficient (Wildman–Crippen LogP) is 5.58. The molecule has 0 aliphatic carbocycles. The summed E-state index contributed by atoms with van der Waals surface area (Å²) < 4.78 is 0. The van der Waals surface area contributed by atoms with Crippen LogP contribution in [0.15, 0.2) is 97.1 Å². The van der Waals surface area contributed by atoms with Gasteiger partial charge in [0.2, 0.25) is 11.8 Å². The van der Waals surface area contributed by atoms with E-state index in [1.807, 2.05) is 65.6 Å². The number of piperazine rings is 1. The van der Waals surface area contributed by atoms with Gasteiger partial charge in [0.15, 0.2) is 5.82 Å². The van der Waals surface area contributed by atoms with Crippen molar-refractivity contribution in [3.8, 4) is 22.4 Å². The first-order chi connectivity index (χ1) is 20.5. The maximum absolute atomic E-state index is 13.3. The van der Waals surface area contributed by atoms with Crippen molar-refractivity contribution in [3.63, 3.8) is 0 Å². The van der Waals surface area contributed by atoms with Crippen molar-refractivity contribution in [1.82, 2.24) is 20.0 Å². The number of carbonyl (C=O) groups excluding carboxylic acids is 2. The Labute approximate surface area is 248 Å². The topological polar surface area (TPSA) is 69.6 Å². The Morgan fingerprint density at radius 1 is 0.762 bits per heavy atom. The molecule has 42 heavy (non-hydrogen) atoms. The Bertz CT molecular complexity index is 1430. The van der Waals surface area contributed by atoms with Gasteiger partial charge in [0.1, 0.15) is 0 Å². The maximum Gasteiger partial charge on any atom is 0.242 e. The van der Waals surface area contributed by atoms with Crippen molar-refractivity contribution in [2.75, 3.05) is 44.2 Å². The molecule has 1 aliphatic heterocycles. The zero-order chi connectivity index (χ0) is 29.3. The lowest BCUT2D eigenvalue weighted by Gasteiger charge is -2.36. The molecule has 0 N–H and O–H groups in total. The third kappa shape index (κ3) is 7.40. The van der Waals surface area contributed by atoms with E-state index in [1.54, 1.807) is 4.90 Å². The first-order valence-corrected chi connectivity index (χ1v) is 14.8. The molecule has 0 radical (unpaired) electrons. The first-order valence-electron chi connectivity index (χ1n) is 14.8. The number of benzene rings is 3. The molecule has 1 fully saturated rings. The molecule has 1 saturated heterocycles. The number of rotatable bonds is 10. The normalized spacial score (nSPS) is 14.0. The summed E-state index contributed by atoms with van der Waals surface area (Å²) in [5.41, 5.74) is 5.17. The molecule has 0 bridgehead atoms. The van der Waals surface area contributed by atoms with Crippen molar-refractivity contribution in [2.45, 2.75) is 26.7 Å². The number of nitrogens with zero attached hydrogens (tertiary/aromatic N) is 5. The highest BCUT2D eigenvalue weighted by atomic mass is 16.2. The number of hydrogen-bond donors (Lipinski definition) is 0. The van der Waals surface area contributed by atoms with Gasteiger partial charge in [0.25, 0.3) is 0 Å². The minimum Gasteiger partial charge on any atom is -0.352 e. The Kier molecular flexibility index (Phi) is 9.59. The monoisotopic (exact) mass is 561 g/mol. The second kappa shape index (κ2) is 13.9. The Morgan fingerprint density at radius 3 is 2.00 bits per heavy atom. The van der Waals surface area contributed by atoms with E-state index in [0.717, 1.165) is 29.1 Å². The molecule has 2 amide bonds. The van der Waals surface area contributed by atoms with Crippen LogP contribution in [0.4, 0.5) is 5.82 Å². The molecule has 1 atom stereocenters. The lowest BCUT2D eigenvalue weighted by atomic mass is 10.0. The first kappa shape index (κ1) is 29.0. The van der Waals surface area contributed by atoms with Gasteiger partial charge in [-0.3, -0.25) is 9.59 Å². The Hall–Kier alpha value is -4.52. The number of anilines is 1. The van der Waals surface area contributed by atoms with Crippen molar-refractivity contribution in [1.29, 1.82) is 0 Å². The minimum atomic E-state index is -0.00134. The van der Waals surface area contributed by atoms with E-state index < -0.39 is 0 Å². The van der Waals surface area contributed by atoms with Crippen molar-refractivity contribution >= 4 is 17.6 Å². The number of carbonyl (C=O) groups is 2. The van der Waals surface area contributed by atoms with Gasteiger partial charge in [-0.2, -0.15) is 0 Å². The molecule has 3 aromatic carbocycles. The van der Waals surface area contributed by atoms with Crippen LogP contribution in [-0.4, -0.2) is 71.1 Å². The third-order valence-corrected chi connectivity index (χ3v) is 8.00. The summed E-state index contributed by atoms with van der Waals surface area (Å²) in [7, 11) is 0. The minimum absolute atomic E-state index is 0.000235. The van der Waals surface area contributed by atoms with Crippen LogP contribution in [0.5, 0.6) is 0 Å². The molecule has 0 spiro atoms. The standard InChI is InChI=1S/C35H39N5O2/c1-3-27(2)25-40(34(41)24-28-10-6-4-7-11-28)26-35(42)39-22-20-38(21-23-39)33-19-18-32(36-37-33)31-16-14-30(15-17-31)29-12-8-5-9-13-29/h4-19,27H,3,20-26H2,1-2H3. The summed E-state index contributed by atoms with van der Waals surface area (Å²) in [6.07, 6.45) is 1.27. The summed E-state index contributed by atoms with van der Waals surface area (Å²) in [5, 5.41) is 9.00. The van der Waals surface area contributed by atoms with Gasteiger partial charge in [-0.25, -0.2) is 0 Å². The van der Waals surface area contributed by atoms with Gasteiger partial charge >= 0.3 is 0 Å². The lowest BCUT2D eigenvalue weighted by Crippen LogP contribution is -2.52. The van der Waals surface area contributed by atoms with Crippen LogP contribution in [0.1, 0.15) is 25.8 Å². The average molecular weight is 562 g/mol. The molecule has 4 aromatic rings. The van der Waals surface area contributed by atoms with Gasteiger partial charge < -0.3 is 14.7 Å². The summed E-state index contributed by atoms with van der Waals surface area (Å²) in [5.74, 6) is 1.14. The van der Waals surface area contributed by atoms with Crippen molar-refractivity contribution < 1.29 is 9.59 Å². The van der Waals surface area contributed by atoms with Crippen LogP contribution in [-0.2, 0) is 16.0 Å². The fourth-order valence-electron chi connectivity index (χ4n) is 5.20. The summed E-state index contributed by atoms with van der Waals surface area (Å²) in [4.78, 5) is 32.2. The Morgan fingerprint density at radius 2 is 1.38 bits per heavy atom. The average Bonchev–Trinajstić information content (AvgIpc) is 3.05. The summed E-state index contributed by atoms with van der Waals surface area (Å²) >= 11 is 0. The van der Waals surface area contributed by atoms with E-state index in [1.165, 1.54) is 11.1 Å².